The van der Waals surface area contributed by atoms with Crippen LogP contribution in [0, 0.1) is 0 Å². The number of carbonyl (C=O) groups excluding carboxylic acids is 2. The van der Waals surface area contributed by atoms with Gasteiger partial charge < -0.3 is 9.64 Å². The van der Waals surface area contributed by atoms with Gasteiger partial charge >= 0.3 is 5.97 Å². The van der Waals surface area contributed by atoms with Crippen molar-refractivity contribution < 1.29 is 14.3 Å². The van der Waals surface area contributed by atoms with Crippen LogP contribution in [0.1, 0.15) is 23.2 Å². The molecule has 0 spiro atoms. The zero-order valence-corrected chi connectivity index (χ0v) is 11.6. The summed E-state index contributed by atoms with van der Waals surface area (Å²) in [6.45, 7) is 1.28. The van der Waals surface area contributed by atoms with Gasteiger partial charge in [-0.15, -0.1) is 0 Å². The summed E-state index contributed by atoms with van der Waals surface area (Å²) in [7, 11) is 0. The molecule has 1 aliphatic heterocycles. The Morgan fingerprint density at radius 2 is 2.10 bits per heavy atom. The van der Waals surface area contributed by atoms with Gasteiger partial charge in [0.05, 0.1) is 11.1 Å². The van der Waals surface area contributed by atoms with Gasteiger partial charge in [-0.25, -0.2) is 4.79 Å². The molecule has 21 heavy (non-hydrogen) atoms. The fraction of sp³-hybridized carbons (Fsp3) is 0.312. The van der Waals surface area contributed by atoms with Gasteiger partial charge in [-0.05, 0) is 24.3 Å². The number of benzene rings is 1. The molecule has 2 aromatic rings. The van der Waals surface area contributed by atoms with Crippen LogP contribution in [0.25, 0.3) is 10.9 Å². The lowest BCUT2D eigenvalue weighted by Crippen LogP contribution is -2.36. The molecular weight excluding hydrogens is 268 g/mol. The largest absolute Gasteiger partial charge is 0.459 e. The summed E-state index contributed by atoms with van der Waals surface area (Å²) in [6.07, 6.45) is 3.84. The van der Waals surface area contributed by atoms with Gasteiger partial charge in [0.2, 0.25) is 6.41 Å². The molecule has 5 nitrogen and oxygen atoms in total. The van der Waals surface area contributed by atoms with Crippen LogP contribution in [0.4, 0.5) is 0 Å². The van der Waals surface area contributed by atoms with E-state index in [-0.39, 0.29) is 12.1 Å². The number of likely N-dealkylation sites (tertiary alicyclic amines) is 1. The molecule has 1 saturated heterocycles. The van der Waals surface area contributed by atoms with E-state index in [0.29, 0.717) is 31.5 Å². The lowest BCUT2D eigenvalue weighted by Gasteiger charge is -2.28. The maximum atomic E-state index is 12.2. The second-order valence-electron chi connectivity index (χ2n) is 5.16. The first-order chi connectivity index (χ1) is 10.3. The van der Waals surface area contributed by atoms with Crippen LogP contribution in [-0.4, -0.2) is 41.5 Å². The van der Waals surface area contributed by atoms with Crippen molar-refractivity contribution in [2.75, 3.05) is 13.1 Å². The van der Waals surface area contributed by atoms with Crippen LogP contribution in [0.3, 0.4) is 0 Å². The molecule has 0 saturated carbocycles. The molecule has 108 valence electrons. The minimum atomic E-state index is -0.315. The second-order valence-corrected chi connectivity index (χ2v) is 5.16. The number of esters is 1. The molecule has 1 amide bonds. The number of hydrogen-bond donors (Lipinski definition) is 0. The summed E-state index contributed by atoms with van der Waals surface area (Å²) < 4.78 is 5.52. The van der Waals surface area contributed by atoms with E-state index in [2.05, 4.69) is 4.98 Å². The standard InChI is InChI=1S/C16H16N2O3/c19-11-18-8-5-14(6-9-18)21-16(20)13-3-4-15-12(10-13)2-1-7-17-15/h1-4,7,10-11,14H,5-6,8-9H2. The minimum Gasteiger partial charge on any atom is -0.459 e. The summed E-state index contributed by atoms with van der Waals surface area (Å²) in [5.74, 6) is -0.315. The Morgan fingerprint density at radius 1 is 1.29 bits per heavy atom. The molecule has 1 aliphatic rings. The number of rotatable bonds is 3. The Balaban J connectivity index is 1.68. The number of pyridine rings is 1. The van der Waals surface area contributed by atoms with Crippen molar-refractivity contribution in [3.8, 4) is 0 Å². The first-order valence-electron chi connectivity index (χ1n) is 7.01. The summed E-state index contributed by atoms with van der Waals surface area (Å²) in [5, 5.41) is 0.919. The van der Waals surface area contributed by atoms with E-state index in [1.54, 1.807) is 23.2 Å². The summed E-state index contributed by atoms with van der Waals surface area (Å²) in [4.78, 5) is 28.8. The van der Waals surface area contributed by atoms with Crippen LogP contribution < -0.4 is 0 Å². The van der Waals surface area contributed by atoms with Crippen molar-refractivity contribution in [2.24, 2.45) is 0 Å². The summed E-state index contributed by atoms with van der Waals surface area (Å²) in [5.41, 5.74) is 1.39. The van der Waals surface area contributed by atoms with E-state index in [9.17, 15) is 9.59 Å². The van der Waals surface area contributed by atoms with Crippen molar-refractivity contribution in [3.63, 3.8) is 0 Å². The zero-order valence-electron chi connectivity index (χ0n) is 11.6. The van der Waals surface area contributed by atoms with Gasteiger partial charge in [-0.3, -0.25) is 9.78 Å². The predicted molar refractivity (Wildman–Crippen MR) is 77.8 cm³/mol. The number of hydrogen-bond acceptors (Lipinski definition) is 4. The second kappa shape index (κ2) is 5.91. The highest BCUT2D eigenvalue weighted by molar-refractivity contribution is 5.94. The molecule has 3 rings (SSSR count). The molecular formula is C16H16N2O3. The topological polar surface area (TPSA) is 59.5 Å². The number of piperidine rings is 1. The van der Waals surface area contributed by atoms with Crippen molar-refractivity contribution in [1.82, 2.24) is 9.88 Å². The van der Waals surface area contributed by atoms with Gasteiger partial charge in [-0.1, -0.05) is 6.07 Å². The van der Waals surface area contributed by atoms with Crippen molar-refractivity contribution in [2.45, 2.75) is 18.9 Å². The summed E-state index contributed by atoms with van der Waals surface area (Å²) in [6, 6.07) is 9.11. The minimum absolute atomic E-state index is 0.113. The fourth-order valence-electron chi connectivity index (χ4n) is 2.52. The van der Waals surface area contributed by atoms with Crippen LogP contribution in [0.2, 0.25) is 0 Å². The lowest BCUT2D eigenvalue weighted by molar-refractivity contribution is -0.120. The third-order valence-electron chi connectivity index (χ3n) is 3.74. The first-order valence-corrected chi connectivity index (χ1v) is 7.01. The Hall–Kier alpha value is -2.43. The quantitative estimate of drug-likeness (QED) is 0.639. The first kappa shape index (κ1) is 13.5. The van der Waals surface area contributed by atoms with Crippen LogP contribution >= 0.6 is 0 Å². The number of nitrogens with zero attached hydrogens (tertiary/aromatic N) is 2. The van der Waals surface area contributed by atoms with Crippen LogP contribution in [-0.2, 0) is 9.53 Å². The molecule has 1 aromatic carbocycles. The molecule has 0 atom stereocenters. The number of fused-ring (bicyclic) bond motifs is 1. The molecule has 5 heteroatoms. The Bertz CT molecular complexity index is 663. The number of amides is 1. The molecule has 1 fully saturated rings. The summed E-state index contributed by atoms with van der Waals surface area (Å²) >= 11 is 0. The maximum Gasteiger partial charge on any atom is 0.338 e. The van der Waals surface area contributed by atoms with Gasteiger partial charge in [0.1, 0.15) is 6.10 Å². The molecule has 0 radical (unpaired) electrons. The van der Waals surface area contributed by atoms with Crippen LogP contribution in [0.15, 0.2) is 36.5 Å². The van der Waals surface area contributed by atoms with Crippen molar-refractivity contribution in [3.05, 3.63) is 42.1 Å². The molecule has 0 N–H and O–H groups in total. The van der Waals surface area contributed by atoms with Crippen LogP contribution in [0.5, 0.6) is 0 Å². The van der Waals surface area contributed by atoms with Crippen molar-refractivity contribution in [1.29, 1.82) is 0 Å². The molecule has 0 unspecified atom stereocenters. The van der Waals surface area contributed by atoms with Gasteiger partial charge in [0.25, 0.3) is 0 Å². The third-order valence-corrected chi connectivity index (χ3v) is 3.74. The molecule has 0 aliphatic carbocycles. The number of ether oxygens (including phenoxy) is 1. The highest BCUT2D eigenvalue weighted by atomic mass is 16.5. The fourth-order valence-corrected chi connectivity index (χ4v) is 2.52. The predicted octanol–water partition coefficient (Wildman–Crippen LogP) is 2.01. The van der Waals surface area contributed by atoms with E-state index in [1.165, 1.54) is 0 Å². The number of carbonyl (C=O) groups is 2. The van der Waals surface area contributed by atoms with Gasteiger partial charge in [-0.2, -0.15) is 0 Å². The van der Waals surface area contributed by atoms with Crippen molar-refractivity contribution >= 4 is 23.3 Å². The lowest BCUT2D eigenvalue weighted by atomic mass is 10.1. The van der Waals surface area contributed by atoms with E-state index < -0.39 is 0 Å². The molecule has 0 bridgehead atoms. The maximum absolute atomic E-state index is 12.2. The highest BCUT2D eigenvalue weighted by Crippen LogP contribution is 2.17. The number of aromatic nitrogens is 1. The van der Waals surface area contributed by atoms with E-state index in [4.69, 9.17) is 4.74 Å². The average Bonchev–Trinajstić information content (AvgIpc) is 2.55. The Kier molecular flexibility index (Phi) is 3.81. The molecule has 1 aromatic heterocycles. The van der Waals surface area contributed by atoms with E-state index >= 15 is 0 Å². The van der Waals surface area contributed by atoms with Gasteiger partial charge in [0.15, 0.2) is 0 Å². The Morgan fingerprint density at radius 3 is 2.86 bits per heavy atom. The Labute approximate surface area is 122 Å². The monoisotopic (exact) mass is 284 g/mol. The third kappa shape index (κ3) is 3.02. The SMILES string of the molecule is O=CN1CCC(OC(=O)c2ccc3ncccc3c2)CC1. The van der Waals surface area contributed by atoms with Gasteiger partial charge in [0, 0.05) is 37.5 Å². The normalized spacial score (nSPS) is 15.9. The average molecular weight is 284 g/mol. The smallest absolute Gasteiger partial charge is 0.338 e. The van der Waals surface area contributed by atoms with E-state index in [0.717, 1.165) is 17.3 Å². The highest BCUT2D eigenvalue weighted by Gasteiger charge is 2.22. The molecule has 2 heterocycles. The zero-order chi connectivity index (χ0) is 14.7. The van der Waals surface area contributed by atoms with E-state index in [1.807, 2.05) is 18.2 Å².